The molecule has 30 heavy (non-hydrogen) atoms. The van der Waals surface area contributed by atoms with Gasteiger partial charge in [-0.25, -0.2) is 9.97 Å². The lowest BCUT2D eigenvalue weighted by Crippen LogP contribution is -2.12. The van der Waals surface area contributed by atoms with Crippen LogP contribution in [0.4, 0.5) is 0 Å². The molecule has 4 heteroatoms. The number of thiophene rings is 2. The van der Waals surface area contributed by atoms with Crippen LogP contribution < -0.4 is 0 Å². The fourth-order valence-corrected chi connectivity index (χ4v) is 6.58. The second-order valence-corrected chi connectivity index (χ2v) is 10.7. The maximum absolute atomic E-state index is 4.80. The molecule has 0 bridgehead atoms. The van der Waals surface area contributed by atoms with E-state index in [1.165, 1.54) is 41.9 Å². The summed E-state index contributed by atoms with van der Waals surface area (Å²) in [6.45, 7) is 6.84. The first-order valence-corrected chi connectivity index (χ1v) is 11.8. The Kier molecular flexibility index (Phi) is 3.80. The third-order valence-electron chi connectivity index (χ3n) is 5.80. The van der Waals surface area contributed by atoms with Crippen molar-refractivity contribution in [2.75, 3.05) is 0 Å². The van der Waals surface area contributed by atoms with Gasteiger partial charge in [0.1, 0.15) is 11.2 Å². The Bertz CT molecular complexity index is 1580. The molecular weight excluding hydrogens is 404 g/mol. The minimum Gasteiger partial charge on any atom is -0.236 e. The highest BCUT2D eigenvalue weighted by molar-refractivity contribution is 7.30. The summed E-state index contributed by atoms with van der Waals surface area (Å²) < 4.78 is 2.66. The summed E-state index contributed by atoms with van der Waals surface area (Å²) in [7, 11) is 0. The van der Waals surface area contributed by atoms with Gasteiger partial charge in [-0.1, -0.05) is 57.2 Å². The van der Waals surface area contributed by atoms with Gasteiger partial charge < -0.3 is 0 Å². The molecule has 0 aliphatic rings. The number of aromatic nitrogens is 2. The zero-order valence-corrected chi connectivity index (χ0v) is 18.7. The van der Waals surface area contributed by atoms with E-state index in [0.29, 0.717) is 0 Å². The van der Waals surface area contributed by atoms with Gasteiger partial charge in [-0.3, -0.25) is 0 Å². The van der Waals surface area contributed by atoms with Crippen molar-refractivity contribution in [3.05, 3.63) is 71.9 Å². The van der Waals surface area contributed by atoms with Crippen molar-refractivity contribution >= 4 is 63.8 Å². The van der Waals surface area contributed by atoms with E-state index < -0.39 is 0 Å². The molecule has 0 spiro atoms. The number of fused-ring (bicyclic) bond motifs is 6. The Hall–Kier alpha value is -2.82. The molecule has 0 aliphatic carbocycles. The minimum atomic E-state index is 0.0433. The maximum atomic E-state index is 4.80. The molecular formula is C26H20N2S2. The molecule has 6 rings (SSSR count). The highest BCUT2D eigenvalue weighted by Gasteiger charge is 2.21. The van der Waals surface area contributed by atoms with Crippen LogP contribution in [-0.4, -0.2) is 9.97 Å². The lowest BCUT2D eigenvalue weighted by molar-refractivity contribution is 0.596. The van der Waals surface area contributed by atoms with Crippen LogP contribution in [-0.2, 0) is 5.41 Å². The van der Waals surface area contributed by atoms with Crippen molar-refractivity contribution in [2.24, 2.45) is 0 Å². The molecule has 0 N–H and O–H groups in total. The average molecular weight is 425 g/mol. The number of hydrogen-bond donors (Lipinski definition) is 0. The standard InChI is InChI=1S/C26H20N2S2/c1-26(2,3)20-13-17(12-16-6-4-5-7-18(16)20)22-21-19-9-8-15-10-11-29-23(15)24(19)30-25(21)28-14-27-22/h4-14H,1-3H3. The molecule has 0 atom stereocenters. The molecule has 3 aromatic heterocycles. The number of nitrogens with zero attached hydrogens (tertiary/aromatic N) is 2. The summed E-state index contributed by atoms with van der Waals surface area (Å²) in [6.07, 6.45) is 1.71. The molecule has 0 fully saturated rings. The van der Waals surface area contributed by atoms with E-state index in [1.807, 2.05) is 0 Å². The molecule has 0 radical (unpaired) electrons. The molecule has 0 saturated heterocycles. The lowest BCUT2D eigenvalue weighted by atomic mass is 9.82. The first kappa shape index (κ1) is 18.0. The fraction of sp³-hybridized carbons (Fsp3) is 0.154. The smallest absolute Gasteiger partial charge is 0.128 e. The van der Waals surface area contributed by atoms with Crippen molar-refractivity contribution in [1.29, 1.82) is 0 Å². The van der Waals surface area contributed by atoms with E-state index in [-0.39, 0.29) is 5.41 Å². The first-order chi connectivity index (χ1) is 14.5. The second-order valence-electron chi connectivity index (χ2n) is 8.78. The second kappa shape index (κ2) is 6.34. The predicted octanol–water partition coefficient (Wildman–Crippen LogP) is 8.18. The monoisotopic (exact) mass is 424 g/mol. The van der Waals surface area contributed by atoms with Gasteiger partial charge in [0.25, 0.3) is 0 Å². The van der Waals surface area contributed by atoms with Crippen LogP contribution in [0.15, 0.2) is 66.3 Å². The lowest BCUT2D eigenvalue weighted by Gasteiger charge is -2.22. The van der Waals surface area contributed by atoms with E-state index in [0.717, 1.165) is 16.1 Å². The van der Waals surface area contributed by atoms with Crippen molar-refractivity contribution < 1.29 is 0 Å². The van der Waals surface area contributed by atoms with Gasteiger partial charge in [0.2, 0.25) is 0 Å². The Morgan fingerprint density at radius 2 is 1.67 bits per heavy atom. The number of hydrogen-bond acceptors (Lipinski definition) is 4. The van der Waals surface area contributed by atoms with E-state index >= 15 is 0 Å². The number of benzene rings is 3. The highest BCUT2D eigenvalue weighted by Crippen LogP contribution is 2.43. The Morgan fingerprint density at radius 1 is 0.800 bits per heavy atom. The summed E-state index contributed by atoms with van der Waals surface area (Å²) in [5, 5.41) is 8.46. The van der Waals surface area contributed by atoms with Crippen molar-refractivity contribution in [1.82, 2.24) is 9.97 Å². The fourth-order valence-electron chi connectivity index (χ4n) is 4.38. The van der Waals surface area contributed by atoms with E-state index in [9.17, 15) is 0 Å². The molecule has 6 aromatic rings. The molecule has 0 amide bonds. The van der Waals surface area contributed by atoms with Crippen LogP contribution in [0.3, 0.4) is 0 Å². The van der Waals surface area contributed by atoms with Crippen LogP contribution >= 0.6 is 22.7 Å². The molecule has 3 heterocycles. The first-order valence-electron chi connectivity index (χ1n) is 10.1. The molecule has 0 aliphatic heterocycles. The van der Waals surface area contributed by atoms with Crippen LogP contribution in [0.2, 0.25) is 0 Å². The SMILES string of the molecule is CC(C)(C)c1cc(-c2ncnc3sc4c(ccc5ccsc54)c23)cc2ccccc12. The van der Waals surface area contributed by atoms with Gasteiger partial charge in [0, 0.05) is 16.3 Å². The summed E-state index contributed by atoms with van der Waals surface area (Å²) in [4.78, 5) is 10.5. The van der Waals surface area contributed by atoms with E-state index in [1.54, 1.807) is 29.0 Å². The van der Waals surface area contributed by atoms with Gasteiger partial charge in [0.05, 0.1) is 15.1 Å². The van der Waals surface area contributed by atoms with Crippen LogP contribution in [0.25, 0.3) is 52.4 Å². The average Bonchev–Trinajstić information content (AvgIpc) is 3.36. The third-order valence-corrected chi connectivity index (χ3v) is 8.01. The van der Waals surface area contributed by atoms with Gasteiger partial charge in [-0.15, -0.1) is 22.7 Å². The zero-order valence-electron chi connectivity index (χ0n) is 17.1. The van der Waals surface area contributed by atoms with Crippen LogP contribution in [0, 0.1) is 0 Å². The van der Waals surface area contributed by atoms with E-state index in [2.05, 4.69) is 85.7 Å². The minimum absolute atomic E-state index is 0.0433. The van der Waals surface area contributed by atoms with Gasteiger partial charge in [-0.2, -0.15) is 0 Å². The Morgan fingerprint density at radius 3 is 2.53 bits per heavy atom. The van der Waals surface area contributed by atoms with Crippen molar-refractivity contribution in [2.45, 2.75) is 26.2 Å². The summed E-state index contributed by atoms with van der Waals surface area (Å²) in [5.74, 6) is 0. The highest BCUT2D eigenvalue weighted by atomic mass is 32.1. The van der Waals surface area contributed by atoms with Crippen molar-refractivity contribution in [3.8, 4) is 11.3 Å². The molecule has 3 aromatic carbocycles. The summed E-state index contributed by atoms with van der Waals surface area (Å²) in [6, 6.07) is 19.9. The Labute approximate surface area is 182 Å². The summed E-state index contributed by atoms with van der Waals surface area (Å²) in [5.41, 5.74) is 3.58. The summed E-state index contributed by atoms with van der Waals surface area (Å²) >= 11 is 3.58. The number of rotatable bonds is 1. The molecule has 0 unspecified atom stereocenters. The largest absolute Gasteiger partial charge is 0.236 e. The van der Waals surface area contributed by atoms with Crippen molar-refractivity contribution in [3.63, 3.8) is 0 Å². The van der Waals surface area contributed by atoms with Crippen LogP contribution in [0.5, 0.6) is 0 Å². The zero-order chi connectivity index (χ0) is 20.5. The van der Waals surface area contributed by atoms with Crippen LogP contribution in [0.1, 0.15) is 26.3 Å². The molecule has 0 saturated carbocycles. The quantitative estimate of drug-likeness (QED) is 0.266. The predicted molar refractivity (Wildman–Crippen MR) is 132 cm³/mol. The molecule has 146 valence electrons. The van der Waals surface area contributed by atoms with Gasteiger partial charge in [-0.05, 0) is 50.7 Å². The van der Waals surface area contributed by atoms with Gasteiger partial charge in [0.15, 0.2) is 0 Å². The third kappa shape index (κ3) is 2.60. The molecule has 2 nitrogen and oxygen atoms in total. The van der Waals surface area contributed by atoms with Gasteiger partial charge >= 0.3 is 0 Å². The maximum Gasteiger partial charge on any atom is 0.128 e. The topological polar surface area (TPSA) is 25.8 Å². The normalized spacial score (nSPS) is 12.5. The Balaban J connectivity index is 1.73. The van der Waals surface area contributed by atoms with E-state index in [4.69, 9.17) is 4.98 Å².